The van der Waals surface area contributed by atoms with E-state index in [4.69, 9.17) is 10.00 Å². The molecule has 0 radical (unpaired) electrons. The second-order valence-electron chi connectivity index (χ2n) is 8.23. The van der Waals surface area contributed by atoms with Crippen molar-refractivity contribution in [2.24, 2.45) is 0 Å². The molecule has 0 aliphatic heterocycles. The molecule has 2 N–H and O–H groups in total. The number of aliphatic hydroxyl groups is 2. The van der Waals surface area contributed by atoms with E-state index in [-0.39, 0.29) is 18.7 Å². The number of benzene rings is 2. The molecule has 0 amide bonds. The Morgan fingerprint density at radius 2 is 2.00 bits per heavy atom. The maximum atomic E-state index is 15.3. The van der Waals surface area contributed by atoms with Gasteiger partial charge in [-0.15, -0.1) is 11.3 Å². The van der Waals surface area contributed by atoms with E-state index in [0.29, 0.717) is 10.6 Å². The van der Waals surface area contributed by atoms with Crippen molar-refractivity contribution in [3.63, 3.8) is 0 Å². The SMILES string of the molecule is C[C@@H](c1ncc(-c2ccc(C#N)cc2)s1)[C@@](Cn1cncn1)(OCC(O)CO)c1ccc(F)cc1F. The predicted octanol–water partition coefficient (Wildman–Crippen LogP) is 3.62. The van der Waals surface area contributed by atoms with Crippen LogP contribution in [-0.4, -0.2) is 49.3 Å². The average molecular weight is 512 g/mol. The second kappa shape index (κ2) is 11.0. The Morgan fingerprint density at radius 1 is 1.22 bits per heavy atom. The third-order valence-electron chi connectivity index (χ3n) is 5.89. The summed E-state index contributed by atoms with van der Waals surface area (Å²) < 4.78 is 36.8. The van der Waals surface area contributed by atoms with Crippen molar-refractivity contribution in [1.29, 1.82) is 5.26 Å². The molecule has 0 spiro atoms. The lowest BCUT2D eigenvalue weighted by Gasteiger charge is -2.39. The summed E-state index contributed by atoms with van der Waals surface area (Å²) in [4.78, 5) is 9.35. The molecule has 0 aliphatic rings. The molecule has 2 aromatic carbocycles. The number of nitriles is 1. The van der Waals surface area contributed by atoms with Gasteiger partial charge in [-0.3, -0.25) is 0 Å². The Labute approximate surface area is 210 Å². The Morgan fingerprint density at radius 3 is 2.64 bits per heavy atom. The predicted molar refractivity (Wildman–Crippen MR) is 128 cm³/mol. The van der Waals surface area contributed by atoms with E-state index >= 15 is 4.39 Å². The van der Waals surface area contributed by atoms with Gasteiger partial charge in [0.2, 0.25) is 0 Å². The second-order valence-corrected chi connectivity index (χ2v) is 9.29. The van der Waals surface area contributed by atoms with Crippen molar-refractivity contribution in [3.8, 4) is 16.5 Å². The molecule has 8 nitrogen and oxygen atoms in total. The maximum Gasteiger partial charge on any atom is 0.137 e. The van der Waals surface area contributed by atoms with E-state index in [0.717, 1.165) is 22.6 Å². The van der Waals surface area contributed by atoms with Crippen LogP contribution >= 0.6 is 11.3 Å². The van der Waals surface area contributed by atoms with E-state index in [9.17, 15) is 14.6 Å². The van der Waals surface area contributed by atoms with Gasteiger partial charge in [-0.05, 0) is 23.8 Å². The quantitative estimate of drug-likeness (QED) is 0.334. The topological polar surface area (TPSA) is 117 Å². The molecule has 4 aromatic rings. The first-order valence-corrected chi connectivity index (χ1v) is 11.8. The lowest BCUT2D eigenvalue weighted by Crippen LogP contribution is -2.43. The number of aliphatic hydroxyl groups excluding tert-OH is 2. The summed E-state index contributed by atoms with van der Waals surface area (Å²) in [6, 6.07) is 12.3. The molecule has 0 saturated carbocycles. The van der Waals surface area contributed by atoms with Crippen molar-refractivity contribution in [3.05, 3.63) is 89.1 Å². The number of nitrogens with zero attached hydrogens (tertiary/aromatic N) is 5. The highest BCUT2D eigenvalue weighted by molar-refractivity contribution is 7.15. The number of hydrogen-bond acceptors (Lipinski definition) is 8. The highest BCUT2D eigenvalue weighted by Crippen LogP contribution is 2.45. The van der Waals surface area contributed by atoms with Gasteiger partial charge in [0.25, 0.3) is 0 Å². The highest BCUT2D eigenvalue weighted by atomic mass is 32.1. The zero-order valence-corrected chi connectivity index (χ0v) is 20.1. The number of hydrogen-bond donors (Lipinski definition) is 2. The molecular formula is C25H23F2N5O3S. The van der Waals surface area contributed by atoms with Crippen molar-refractivity contribution < 1.29 is 23.7 Å². The van der Waals surface area contributed by atoms with Crippen LogP contribution in [0, 0.1) is 23.0 Å². The zero-order valence-electron chi connectivity index (χ0n) is 19.3. The van der Waals surface area contributed by atoms with Gasteiger partial charge >= 0.3 is 0 Å². The Balaban J connectivity index is 1.81. The van der Waals surface area contributed by atoms with E-state index in [1.54, 1.807) is 25.3 Å². The number of halogens is 2. The zero-order chi connectivity index (χ0) is 25.7. The van der Waals surface area contributed by atoms with E-state index in [1.807, 2.05) is 12.1 Å². The lowest BCUT2D eigenvalue weighted by atomic mass is 9.81. The van der Waals surface area contributed by atoms with Gasteiger partial charge in [-0.25, -0.2) is 23.4 Å². The van der Waals surface area contributed by atoms with Crippen molar-refractivity contribution >= 4 is 11.3 Å². The van der Waals surface area contributed by atoms with Crippen LogP contribution in [0.25, 0.3) is 10.4 Å². The molecule has 3 atom stereocenters. The molecule has 2 aromatic heterocycles. The van der Waals surface area contributed by atoms with Crippen molar-refractivity contribution in [2.75, 3.05) is 13.2 Å². The van der Waals surface area contributed by atoms with Crippen LogP contribution in [0.4, 0.5) is 8.78 Å². The largest absolute Gasteiger partial charge is 0.394 e. The van der Waals surface area contributed by atoms with E-state index in [1.165, 1.54) is 34.7 Å². The van der Waals surface area contributed by atoms with Gasteiger partial charge in [0.1, 0.15) is 36.0 Å². The minimum absolute atomic E-state index is 0.0271. The summed E-state index contributed by atoms with van der Waals surface area (Å²) in [5.41, 5.74) is -0.0589. The lowest BCUT2D eigenvalue weighted by molar-refractivity contribution is -0.118. The van der Waals surface area contributed by atoms with Crippen LogP contribution in [0.15, 0.2) is 61.3 Å². The molecule has 0 bridgehead atoms. The molecule has 186 valence electrons. The molecule has 0 fully saturated rings. The molecule has 2 heterocycles. The fourth-order valence-electron chi connectivity index (χ4n) is 3.92. The first kappa shape index (κ1) is 25.5. The summed E-state index contributed by atoms with van der Waals surface area (Å²) in [6.45, 7) is 0.896. The van der Waals surface area contributed by atoms with Gasteiger partial charge in [0, 0.05) is 23.7 Å². The van der Waals surface area contributed by atoms with Gasteiger partial charge in [-0.2, -0.15) is 10.4 Å². The van der Waals surface area contributed by atoms with Crippen LogP contribution in [0.2, 0.25) is 0 Å². The summed E-state index contributed by atoms with van der Waals surface area (Å²) in [6.07, 6.45) is 3.23. The summed E-state index contributed by atoms with van der Waals surface area (Å²) in [5, 5.41) is 33.2. The fraction of sp³-hybridized carbons (Fsp3) is 0.280. The third kappa shape index (κ3) is 5.32. The summed E-state index contributed by atoms with van der Waals surface area (Å²) in [5.74, 6) is -2.18. The van der Waals surface area contributed by atoms with Gasteiger partial charge in [0.15, 0.2) is 0 Å². The number of ether oxygens (including phenoxy) is 1. The molecule has 0 saturated heterocycles. The van der Waals surface area contributed by atoms with Gasteiger partial charge in [-0.1, -0.05) is 25.1 Å². The van der Waals surface area contributed by atoms with Crippen LogP contribution in [0.3, 0.4) is 0 Å². The smallest absolute Gasteiger partial charge is 0.137 e. The van der Waals surface area contributed by atoms with Crippen LogP contribution in [0.5, 0.6) is 0 Å². The molecule has 4 rings (SSSR count). The Hall–Kier alpha value is -3.56. The van der Waals surface area contributed by atoms with Gasteiger partial charge in [0.05, 0.1) is 41.3 Å². The first-order valence-electron chi connectivity index (χ1n) is 11.0. The summed E-state index contributed by atoms with van der Waals surface area (Å²) >= 11 is 1.36. The van der Waals surface area contributed by atoms with E-state index < -0.39 is 35.9 Å². The van der Waals surface area contributed by atoms with Crippen LogP contribution < -0.4 is 0 Å². The van der Waals surface area contributed by atoms with Gasteiger partial charge < -0.3 is 14.9 Å². The third-order valence-corrected chi connectivity index (χ3v) is 7.12. The van der Waals surface area contributed by atoms with Crippen LogP contribution in [-0.2, 0) is 16.9 Å². The Bertz CT molecular complexity index is 1340. The molecule has 36 heavy (non-hydrogen) atoms. The fourth-order valence-corrected chi connectivity index (χ4v) is 4.98. The molecule has 0 aliphatic carbocycles. The Kier molecular flexibility index (Phi) is 7.81. The monoisotopic (exact) mass is 511 g/mol. The maximum absolute atomic E-state index is 15.3. The summed E-state index contributed by atoms with van der Waals surface area (Å²) in [7, 11) is 0. The molecular weight excluding hydrogens is 488 g/mol. The average Bonchev–Trinajstić information content (AvgIpc) is 3.59. The van der Waals surface area contributed by atoms with Crippen LogP contribution in [0.1, 0.15) is 29.0 Å². The van der Waals surface area contributed by atoms with Crippen molar-refractivity contribution in [1.82, 2.24) is 19.7 Å². The van der Waals surface area contributed by atoms with E-state index in [2.05, 4.69) is 21.1 Å². The minimum Gasteiger partial charge on any atom is -0.394 e. The number of rotatable bonds is 10. The molecule has 1 unspecified atom stereocenters. The number of aromatic nitrogens is 4. The minimum atomic E-state index is -1.50. The molecule has 11 heteroatoms. The first-order chi connectivity index (χ1) is 17.4. The normalized spacial score (nSPS) is 14.7. The number of thiazole rings is 1. The highest BCUT2D eigenvalue weighted by Gasteiger charge is 2.45. The standard InChI is InChI=1S/C25H23F2N5O3S/c1-16(24-30-10-23(36-24)18-4-2-17(9-28)3-5-18)25(35-12-20(34)11-33,13-32-15-29-14-31-32)21-7-6-19(26)8-22(21)27/h2-8,10,14-16,20,33-34H,11-13H2,1H3/t16-,20?,25+/m0/s1. The van der Waals surface area contributed by atoms with Crippen molar-refractivity contribution in [2.45, 2.75) is 31.1 Å².